The largest absolute Gasteiger partial charge is 1.00 e. The van der Waals surface area contributed by atoms with Gasteiger partial charge in [0.25, 0.3) is 0 Å². The Kier molecular flexibility index (Phi) is 14.7. The lowest BCUT2D eigenvalue weighted by Crippen LogP contribution is -3.00. The van der Waals surface area contributed by atoms with E-state index in [0.717, 1.165) is 48.6 Å². The van der Waals surface area contributed by atoms with E-state index in [1.165, 1.54) is 27.1 Å². The normalized spacial score (nSPS) is 16.6. The first-order valence-corrected chi connectivity index (χ1v) is 21.8. The summed E-state index contributed by atoms with van der Waals surface area (Å²) in [4.78, 5) is 0.400. The van der Waals surface area contributed by atoms with Crippen molar-refractivity contribution in [1.29, 1.82) is 0 Å². The molecule has 6 heteroatoms. The summed E-state index contributed by atoms with van der Waals surface area (Å²) in [6.45, 7) is 12.8. The van der Waals surface area contributed by atoms with Crippen molar-refractivity contribution in [2.75, 3.05) is 13.3 Å². The molecule has 0 radical (unpaired) electrons. The fourth-order valence-corrected chi connectivity index (χ4v) is 14.3. The third-order valence-electron chi connectivity index (χ3n) is 10.7. The minimum atomic E-state index is -3.63. The van der Waals surface area contributed by atoms with Crippen molar-refractivity contribution in [2.45, 2.75) is 89.9 Å². The molecule has 2 unspecified atom stereocenters. The maximum atomic E-state index is 14.5. The van der Waals surface area contributed by atoms with Crippen LogP contribution in [-0.4, -0.2) is 33.0 Å². The number of benzene rings is 4. The average molecular weight is 800 g/mol. The lowest BCUT2D eigenvalue weighted by molar-refractivity contribution is -0.0000141. The molecule has 0 bridgehead atoms. The Balaban J connectivity index is 0.00000605. The molecule has 3 nitrogen and oxygen atoms in total. The number of hydrogen-bond acceptors (Lipinski definition) is 3. The number of aryl methyl sites for hydroxylation is 1. The van der Waals surface area contributed by atoms with E-state index in [1.54, 1.807) is 19.2 Å². The van der Waals surface area contributed by atoms with Crippen LogP contribution in [0.2, 0.25) is 0 Å². The van der Waals surface area contributed by atoms with E-state index in [9.17, 15) is 8.42 Å². The molecule has 0 heterocycles. The van der Waals surface area contributed by atoms with Crippen molar-refractivity contribution in [3.8, 4) is 0 Å². The zero-order chi connectivity index (χ0) is 36.6. The molecule has 0 saturated heterocycles. The van der Waals surface area contributed by atoms with Crippen LogP contribution in [0.1, 0.15) is 72.3 Å². The van der Waals surface area contributed by atoms with Crippen molar-refractivity contribution in [3.63, 3.8) is 0 Å². The van der Waals surface area contributed by atoms with Gasteiger partial charge in [-0.15, -0.1) is 0 Å². The second-order valence-corrected chi connectivity index (χ2v) is 20.7. The molecule has 5 rings (SSSR count). The first kappa shape index (κ1) is 41.7. The van der Waals surface area contributed by atoms with Gasteiger partial charge in [-0.3, -0.25) is 0 Å². The van der Waals surface area contributed by atoms with E-state index >= 15 is 0 Å². The summed E-state index contributed by atoms with van der Waals surface area (Å²) in [6.07, 6.45) is 9.51. The van der Waals surface area contributed by atoms with Gasteiger partial charge < -0.3 is 21.7 Å². The van der Waals surface area contributed by atoms with Crippen LogP contribution in [0.25, 0.3) is 0 Å². The minimum Gasteiger partial charge on any atom is -1.00 e. The van der Waals surface area contributed by atoms with Crippen LogP contribution in [-0.2, 0) is 14.6 Å². The highest BCUT2D eigenvalue weighted by atomic mass is 79.9. The van der Waals surface area contributed by atoms with Crippen molar-refractivity contribution in [2.24, 2.45) is 5.41 Å². The van der Waals surface area contributed by atoms with Gasteiger partial charge in [0, 0.05) is 7.11 Å². The lowest BCUT2D eigenvalue weighted by atomic mass is 9.70. The van der Waals surface area contributed by atoms with Gasteiger partial charge >= 0.3 is 0 Å². The molecule has 1 aliphatic rings. The Labute approximate surface area is 325 Å². The van der Waals surface area contributed by atoms with Crippen LogP contribution >= 0.6 is 7.26 Å². The predicted molar refractivity (Wildman–Crippen MR) is 220 cm³/mol. The van der Waals surface area contributed by atoms with Crippen LogP contribution in [0.3, 0.4) is 0 Å². The smallest absolute Gasteiger partial charge is 0.185 e. The molecule has 4 aromatic rings. The fraction of sp³-hybridized carbons (Fsp3) is 0.348. The van der Waals surface area contributed by atoms with Crippen molar-refractivity contribution in [1.82, 2.24) is 0 Å². The summed E-state index contributed by atoms with van der Waals surface area (Å²) in [5.41, 5.74) is 5.48. The number of allylic oxidation sites excluding steroid dienone is 3. The predicted octanol–water partition coefficient (Wildman–Crippen LogP) is 7.35. The third-order valence-corrected chi connectivity index (χ3v) is 17.0. The van der Waals surface area contributed by atoms with Crippen LogP contribution in [0, 0.1) is 12.3 Å². The Morgan fingerprint density at radius 2 is 1.27 bits per heavy atom. The lowest BCUT2D eigenvalue weighted by Gasteiger charge is -2.39. The summed E-state index contributed by atoms with van der Waals surface area (Å²) in [7, 11) is -3.87. The summed E-state index contributed by atoms with van der Waals surface area (Å²) in [6, 6.07) is 40.3. The quantitative estimate of drug-likeness (QED) is 0.0991. The fourth-order valence-electron chi connectivity index (χ4n) is 8.00. The van der Waals surface area contributed by atoms with Crippen LogP contribution in [0.15, 0.2) is 155 Å². The summed E-state index contributed by atoms with van der Waals surface area (Å²) in [5.74, 6) is 0. The molecule has 0 spiro atoms. The second-order valence-electron chi connectivity index (χ2n) is 15.0. The van der Waals surface area contributed by atoms with Gasteiger partial charge in [-0.2, -0.15) is 0 Å². The molecule has 0 amide bonds. The van der Waals surface area contributed by atoms with Crippen LogP contribution in [0.4, 0.5) is 0 Å². The van der Waals surface area contributed by atoms with Gasteiger partial charge in [0.2, 0.25) is 0 Å². The molecular formula is C46H56BrO3PS. The molecule has 0 aromatic heterocycles. The van der Waals surface area contributed by atoms with E-state index in [2.05, 4.69) is 138 Å². The van der Waals surface area contributed by atoms with E-state index in [1.807, 2.05) is 19.1 Å². The van der Waals surface area contributed by atoms with E-state index in [4.69, 9.17) is 4.74 Å². The van der Waals surface area contributed by atoms with Gasteiger partial charge in [-0.05, 0) is 125 Å². The Morgan fingerprint density at radius 3 is 1.73 bits per heavy atom. The summed E-state index contributed by atoms with van der Waals surface area (Å²) < 4.78 is 35.0. The van der Waals surface area contributed by atoms with Crippen LogP contribution < -0.4 is 32.9 Å². The van der Waals surface area contributed by atoms with Crippen LogP contribution in [0.5, 0.6) is 0 Å². The van der Waals surface area contributed by atoms with Gasteiger partial charge in [-0.25, -0.2) is 8.42 Å². The van der Waals surface area contributed by atoms with Gasteiger partial charge in [0.15, 0.2) is 9.84 Å². The molecule has 0 fully saturated rings. The molecule has 276 valence electrons. The molecule has 0 saturated carbocycles. The Hall–Kier alpha value is -3.08. The highest BCUT2D eigenvalue weighted by Crippen LogP contribution is 2.55. The maximum Gasteiger partial charge on any atom is 0.185 e. The standard InChI is InChI=1S/C46H56O3PS.BrH/c1-35-25-27-43(28-26-35)51(47,48)44(45-38(4)18-17-30-46(45,5)6)34-37(3)33-39(49-7)32-36(2)29-31-50(40-19-11-8-12-20-40,41-21-13-9-14-22-41)42-23-15-10-16-24-42;/h8-16,19-29,33,39,44H,17-18,30-32,34H2,1-7H3;1H/q+1;/p-1/b36-29+,37-33+;. The maximum absolute atomic E-state index is 14.5. The molecule has 4 aromatic carbocycles. The Morgan fingerprint density at radius 1 is 0.769 bits per heavy atom. The molecule has 0 aliphatic heterocycles. The minimum absolute atomic E-state index is 0. The number of methoxy groups -OCH3 is 1. The SMILES string of the molecule is COC(/C=C(\C)CC(C1=C(C)CCCC1(C)C)S(=O)(=O)c1ccc(C)cc1)C/C(C)=C/C[P+](c1ccccc1)(c1ccccc1)c1ccccc1.[Br-]. The van der Waals surface area contributed by atoms with E-state index in [0.29, 0.717) is 11.3 Å². The second kappa shape index (κ2) is 18.3. The number of halogens is 1. The Bertz CT molecular complexity index is 1850. The molecule has 2 atom stereocenters. The van der Waals surface area contributed by atoms with Crippen molar-refractivity contribution >= 4 is 33.0 Å². The first-order chi connectivity index (χ1) is 24.4. The average Bonchev–Trinajstić information content (AvgIpc) is 3.12. The zero-order valence-corrected chi connectivity index (χ0v) is 35.3. The number of ether oxygens (including phenoxy) is 1. The summed E-state index contributed by atoms with van der Waals surface area (Å²) >= 11 is 0. The molecular weight excluding hydrogens is 743 g/mol. The van der Waals surface area contributed by atoms with Crippen molar-refractivity contribution in [3.05, 3.63) is 155 Å². The zero-order valence-electron chi connectivity index (χ0n) is 32.0. The topological polar surface area (TPSA) is 43.4 Å². The number of rotatable bonds is 14. The monoisotopic (exact) mass is 798 g/mol. The summed E-state index contributed by atoms with van der Waals surface area (Å²) in [5, 5.41) is 3.47. The highest BCUT2D eigenvalue weighted by molar-refractivity contribution is 7.95. The number of hydrogen-bond donors (Lipinski definition) is 0. The van der Waals surface area contributed by atoms with E-state index < -0.39 is 22.3 Å². The van der Waals surface area contributed by atoms with Gasteiger partial charge in [0.1, 0.15) is 23.2 Å². The third kappa shape index (κ3) is 9.52. The van der Waals surface area contributed by atoms with Gasteiger partial charge in [0.05, 0.1) is 22.4 Å². The van der Waals surface area contributed by atoms with E-state index in [-0.39, 0.29) is 28.5 Å². The first-order valence-electron chi connectivity index (χ1n) is 18.3. The van der Waals surface area contributed by atoms with Crippen molar-refractivity contribution < 1.29 is 30.1 Å². The van der Waals surface area contributed by atoms with Gasteiger partial charge in [-0.1, -0.05) is 109 Å². The molecule has 52 heavy (non-hydrogen) atoms. The number of sulfone groups is 1. The molecule has 0 N–H and O–H groups in total. The highest BCUT2D eigenvalue weighted by Gasteiger charge is 2.44. The molecule has 1 aliphatic carbocycles.